The second-order valence-electron chi connectivity index (χ2n) is 4.56. The first-order chi connectivity index (χ1) is 10.0. The molecule has 0 bridgehead atoms. The van der Waals surface area contributed by atoms with Crippen LogP contribution in [-0.2, 0) is 6.42 Å². The van der Waals surface area contributed by atoms with Crippen LogP contribution in [0, 0.1) is 6.92 Å². The van der Waals surface area contributed by atoms with Gasteiger partial charge in [0.25, 0.3) is 5.89 Å². The minimum Gasteiger partial charge on any atom is -0.390 e. The number of aromatic nitrogens is 2. The highest BCUT2D eigenvalue weighted by Gasteiger charge is 2.15. The molecule has 0 saturated carbocycles. The zero-order valence-electron chi connectivity index (χ0n) is 11.1. The van der Waals surface area contributed by atoms with Crippen LogP contribution in [0.4, 0.5) is 5.00 Å². The number of hydrogen-bond acceptors (Lipinski definition) is 5. The Morgan fingerprint density at radius 3 is 2.76 bits per heavy atom. The summed E-state index contributed by atoms with van der Waals surface area (Å²) in [4.78, 5) is 5.47. The van der Waals surface area contributed by atoms with E-state index in [1.807, 2.05) is 19.1 Å². The molecule has 0 fully saturated rings. The van der Waals surface area contributed by atoms with Gasteiger partial charge in [-0.25, -0.2) is 0 Å². The summed E-state index contributed by atoms with van der Waals surface area (Å²) in [5, 5.41) is 5.83. The number of halogens is 2. The molecule has 108 valence electrons. The highest BCUT2D eigenvalue weighted by Crippen LogP contribution is 2.32. The number of nitrogen functional groups attached to an aromatic ring is 1. The third-order valence-electron chi connectivity index (χ3n) is 2.95. The fourth-order valence-electron chi connectivity index (χ4n) is 1.97. The highest BCUT2D eigenvalue weighted by atomic mass is 35.5. The van der Waals surface area contributed by atoms with E-state index in [0.717, 1.165) is 16.0 Å². The van der Waals surface area contributed by atoms with E-state index in [-0.39, 0.29) is 0 Å². The summed E-state index contributed by atoms with van der Waals surface area (Å²) < 4.78 is 5.28. The van der Waals surface area contributed by atoms with Gasteiger partial charge >= 0.3 is 0 Å². The number of rotatable bonds is 3. The van der Waals surface area contributed by atoms with Crippen molar-refractivity contribution in [2.45, 2.75) is 13.3 Å². The van der Waals surface area contributed by atoms with E-state index in [9.17, 15) is 0 Å². The maximum atomic E-state index is 6.14. The molecule has 0 atom stereocenters. The lowest BCUT2D eigenvalue weighted by Gasteiger charge is -2.00. The van der Waals surface area contributed by atoms with Crippen LogP contribution in [-0.4, -0.2) is 10.1 Å². The van der Waals surface area contributed by atoms with Gasteiger partial charge in [-0.05, 0) is 30.7 Å². The molecule has 2 N–H and O–H groups in total. The fraction of sp³-hybridized carbons (Fsp3) is 0.143. The lowest BCUT2D eigenvalue weighted by molar-refractivity contribution is 0.424. The molecule has 3 aromatic rings. The molecule has 0 unspecified atom stereocenters. The van der Waals surface area contributed by atoms with Gasteiger partial charge in [0.15, 0.2) is 5.82 Å². The Bertz CT molecular complexity index is 797. The molecule has 7 heteroatoms. The van der Waals surface area contributed by atoms with Gasteiger partial charge in [0.1, 0.15) is 0 Å². The van der Waals surface area contributed by atoms with Crippen molar-refractivity contribution in [3.63, 3.8) is 0 Å². The zero-order valence-corrected chi connectivity index (χ0v) is 13.4. The Hall–Kier alpha value is -1.56. The maximum Gasteiger partial charge on any atom is 0.260 e. The van der Waals surface area contributed by atoms with Gasteiger partial charge in [-0.15, -0.1) is 11.3 Å². The van der Waals surface area contributed by atoms with Gasteiger partial charge in [-0.3, -0.25) is 0 Å². The van der Waals surface area contributed by atoms with Gasteiger partial charge in [-0.2, -0.15) is 4.98 Å². The number of benzene rings is 1. The van der Waals surface area contributed by atoms with Gasteiger partial charge in [0.05, 0.1) is 10.6 Å². The lowest BCUT2D eigenvalue weighted by Crippen LogP contribution is -1.92. The first-order valence-electron chi connectivity index (χ1n) is 6.15. The fourth-order valence-corrected chi connectivity index (χ4v) is 3.23. The minimum atomic E-state index is 0.428. The van der Waals surface area contributed by atoms with Gasteiger partial charge in [-0.1, -0.05) is 34.4 Å². The molecule has 0 aliphatic rings. The molecule has 4 nitrogen and oxygen atoms in total. The number of hydrogen-bond donors (Lipinski definition) is 1. The molecule has 0 aliphatic carbocycles. The summed E-state index contributed by atoms with van der Waals surface area (Å²) in [5.74, 6) is 0.981. The predicted octanol–water partition coefficient (Wildman–Crippen LogP) is 4.59. The zero-order chi connectivity index (χ0) is 15.0. The Morgan fingerprint density at radius 1 is 1.29 bits per heavy atom. The average Bonchev–Trinajstić information content (AvgIpc) is 2.99. The molecule has 2 heterocycles. The first kappa shape index (κ1) is 14.4. The predicted molar refractivity (Wildman–Crippen MR) is 86.0 cm³/mol. The van der Waals surface area contributed by atoms with Crippen molar-refractivity contribution in [2.75, 3.05) is 5.73 Å². The van der Waals surface area contributed by atoms with Gasteiger partial charge < -0.3 is 10.3 Å². The molecule has 3 rings (SSSR count). The maximum absolute atomic E-state index is 6.14. The largest absolute Gasteiger partial charge is 0.390 e. The second-order valence-corrected chi connectivity index (χ2v) is 6.69. The number of aryl methyl sites for hydroxylation is 1. The van der Waals surface area contributed by atoms with E-state index in [1.54, 1.807) is 12.1 Å². The Kier molecular flexibility index (Phi) is 3.89. The first-order valence-corrected chi connectivity index (χ1v) is 7.73. The van der Waals surface area contributed by atoms with Crippen LogP contribution in [0.2, 0.25) is 10.0 Å². The van der Waals surface area contributed by atoms with Crippen molar-refractivity contribution in [1.82, 2.24) is 10.1 Å². The minimum absolute atomic E-state index is 0.428. The molecule has 0 aliphatic heterocycles. The topological polar surface area (TPSA) is 64.9 Å². The number of nitrogens with two attached hydrogens (primary N) is 1. The van der Waals surface area contributed by atoms with Crippen molar-refractivity contribution in [3.8, 4) is 11.5 Å². The third-order valence-corrected chi connectivity index (χ3v) is 4.41. The van der Waals surface area contributed by atoms with Gasteiger partial charge in [0, 0.05) is 21.3 Å². The lowest BCUT2D eigenvalue weighted by atomic mass is 10.1. The monoisotopic (exact) mass is 339 g/mol. The van der Waals surface area contributed by atoms with Crippen LogP contribution in [0.15, 0.2) is 28.8 Å². The summed E-state index contributed by atoms with van der Waals surface area (Å²) in [6, 6.07) is 7.26. The molecule has 21 heavy (non-hydrogen) atoms. The van der Waals surface area contributed by atoms with Crippen molar-refractivity contribution in [2.24, 2.45) is 0 Å². The van der Waals surface area contributed by atoms with Crippen LogP contribution in [0.3, 0.4) is 0 Å². The summed E-state index contributed by atoms with van der Waals surface area (Å²) in [7, 11) is 0. The molecular weight excluding hydrogens is 329 g/mol. The number of anilines is 1. The van der Waals surface area contributed by atoms with Crippen molar-refractivity contribution in [3.05, 3.63) is 50.6 Å². The van der Waals surface area contributed by atoms with Gasteiger partial charge in [0.2, 0.25) is 0 Å². The molecule has 0 saturated heterocycles. The normalized spacial score (nSPS) is 11.0. The van der Waals surface area contributed by atoms with E-state index in [2.05, 4.69) is 10.1 Å². The van der Waals surface area contributed by atoms with E-state index in [0.29, 0.717) is 33.2 Å². The van der Waals surface area contributed by atoms with Crippen molar-refractivity contribution < 1.29 is 4.52 Å². The SMILES string of the molecule is Cc1cc(-c2nc(Cc3ccc(Cl)cc3Cl)no2)c(N)s1. The van der Waals surface area contributed by atoms with E-state index < -0.39 is 0 Å². The summed E-state index contributed by atoms with van der Waals surface area (Å²) in [6.45, 7) is 1.98. The molecule has 1 aromatic carbocycles. The van der Waals surface area contributed by atoms with Crippen LogP contribution < -0.4 is 5.73 Å². The third kappa shape index (κ3) is 3.05. The number of nitrogens with zero attached hydrogens (tertiary/aromatic N) is 2. The molecular formula is C14H11Cl2N3OS. The summed E-state index contributed by atoms with van der Waals surface area (Å²) in [5.41, 5.74) is 7.60. The van der Waals surface area contributed by atoms with Crippen molar-refractivity contribution >= 4 is 39.5 Å². The van der Waals surface area contributed by atoms with E-state index in [1.165, 1.54) is 11.3 Å². The number of thiophene rings is 1. The van der Waals surface area contributed by atoms with Crippen LogP contribution in [0.5, 0.6) is 0 Å². The van der Waals surface area contributed by atoms with Crippen LogP contribution >= 0.6 is 34.5 Å². The Labute approximate surface area is 135 Å². The van der Waals surface area contributed by atoms with E-state index in [4.69, 9.17) is 33.5 Å². The average molecular weight is 340 g/mol. The Morgan fingerprint density at radius 2 is 2.10 bits per heavy atom. The standard InChI is InChI=1S/C14H11Cl2N3OS/c1-7-4-10(13(17)21-7)14-18-12(19-20-14)5-8-2-3-9(15)6-11(8)16/h2-4,6H,5,17H2,1H3. The highest BCUT2D eigenvalue weighted by molar-refractivity contribution is 7.16. The Balaban J connectivity index is 1.87. The van der Waals surface area contributed by atoms with Crippen molar-refractivity contribution in [1.29, 1.82) is 0 Å². The second kappa shape index (κ2) is 5.67. The molecule has 0 amide bonds. The van der Waals surface area contributed by atoms with E-state index >= 15 is 0 Å². The quantitative estimate of drug-likeness (QED) is 0.757. The smallest absolute Gasteiger partial charge is 0.260 e. The summed E-state index contributed by atoms with van der Waals surface area (Å²) in [6.07, 6.45) is 0.475. The van der Waals surface area contributed by atoms with Crippen LogP contribution in [0.1, 0.15) is 16.3 Å². The van der Waals surface area contributed by atoms with Crippen LogP contribution in [0.25, 0.3) is 11.5 Å². The molecule has 0 radical (unpaired) electrons. The molecule has 2 aromatic heterocycles. The summed E-state index contributed by atoms with van der Waals surface area (Å²) >= 11 is 13.5. The molecule has 0 spiro atoms.